The fraction of sp³-hybridized carbons (Fsp3) is 0.182. The van der Waals surface area contributed by atoms with Crippen LogP contribution in [0.2, 0.25) is 6.32 Å². The molecule has 3 aromatic carbocycles. The van der Waals surface area contributed by atoms with Crippen LogP contribution in [0.3, 0.4) is 0 Å². The van der Waals surface area contributed by atoms with E-state index in [1.54, 1.807) is 6.07 Å². The molecule has 0 amide bonds. The van der Waals surface area contributed by atoms with Gasteiger partial charge in [0, 0.05) is 11.0 Å². The minimum Gasteiger partial charge on any atom is -0.532 e. The summed E-state index contributed by atoms with van der Waals surface area (Å²) in [4.78, 5) is 0. The number of fused-ring (bicyclic) bond motifs is 4. The Hall–Kier alpha value is -2.56. The molecule has 0 bridgehead atoms. The van der Waals surface area contributed by atoms with Gasteiger partial charge in [-0.2, -0.15) is 0 Å². The van der Waals surface area contributed by atoms with Crippen molar-refractivity contribution >= 4 is 25.0 Å². The third kappa shape index (κ3) is 3.98. The molecule has 0 aliphatic carbocycles. The van der Waals surface area contributed by atoms with Crippen molar-refractivity contribution in [2.45, 2.75) is 26.6 Å². The van der Waals surface area contributed by atoms with Crippen LogP contribution in [0.5, 0.6) is 5.75 Å². The first-order valence-electron chi connectivity index (χ1n) is 9.13. The first-order chi connectivity index (χ1) is 13.1. The van der Waals surface area contributed by atoms with E-state index in [9.17, 15) is 14.4 Å². The van der Waals surface area contributed by atoms with Gasteiger partial charge in [-0.25, -0.2) is 4.39 Å². The Bertz CT molecular complexity index is 964. The van der Waals surface area contributed by atoms with Gasteiger partial charge in [-0.3, -0.25) is 0 Å². The molecule has 28 heavy (non-hydrogen) atoms. The lowest BCUT2D eigenvalue weighted by Crippen LogP contribution is -2.40. The molecule has 2 N–H and O–H groups in total. The van der Waals surface area contributed by atoms with Gasteiger partial charge < -0.3 is 14.7 Å². The van der Waals surface area contributed by atoms with Crippen LogP contribution in [-0.4, -0.2) is 24.1 Å². The predicted molar refractivity (Wildman–Crippen MR) is 114 cm³/mol. The third-order valence-corrected chi connectivity index (χ3v) is 5.03. The lowest BCUT2D eigenvalue weighted by molar-refractivity contribution is 0.431. The maximum Gasteiger partial charge on any atom is 0.560 e. The number of aryl methyl sites for hydroxylation is 1. The largest absolute Gasteiger partial charge is 0.560 e. The van der Waals surface area contributed by atoms with E-state index >= 15 is 0 Å². The minimum atomic E-state index is -0.851. The fourth-order valence-corrected chi connectivity index (χ4v) is 3.69. The van der Waals surface area contributed by atoms with Crippen LogP contribution >= 0.6 is 0 Å². The zero-order valence-electron chi connectivity index (χ0n) is 14.8. The summed E-state index contributed by atoms with van der Waals surface area (Å²) in [6.45, 7) is -0.380. The highest BCUT2D eigenvalue weighted by atomic mass is 19.1. The van der Waals surface area contributed by atoms with Gasteiger partial charge in [0.15, 0.2) is 0 Å². The number of halogens is 1. The summed E-state index contributed by atoms with van der Waals surface area (Å²) in [5.41, 5.74) is 4.79. The summed E-state index contributed by atoms with van der Waals surface area (Å²) >= 11 is 0. The van der Waals surface area contributed by atoms with Crippen molar-refractivity contribution in [1.29, 1.82) is 0 Å². The Morgan fingerprint density at radius 2 is 1.57 bits per heavy atom. The quantitative estimate of drug-likeness (QED) is 0.594. The normalized spacial score (nSPS) is 13.7. The van der Waals surface area contributed by atoms with Crippen LogP contribution in [0.25, 0.3) is 11.1 Å². The van der Waals surface area contributed by atoms with Crippen molar-refractivity contribution in [1.82, 2.24) is 0 Å². The zero-order chi connectivity index (χ0) is 18.8. The van der Waals surface area contributed by atoms with E-state index < -0.39 is 7.12 Å². The Morgan fingerprint density at radius 3 is 2.39 bits per heavy atom. The van der Waals surface area contributed by atoms with Crippen molar-refractivity contribution in [3.63, 3.8) is 0 Å². The SMILES string of the molecule is C.OB1CCCc2cc(F)ccc21.OB1Oc2ccccc2-c2ccccc21. The molecular formula is C22H23B2FO3. The topological polar surface area (TPSA) is 49.7 Å². The lowest BCUT2D eigenvalue weighted by atomic mass is 9.53. The van der Waals surface area contributed by atoms with Gasteiger partial charge in [0.1, 0.15) is 11.6 Å². The smallest absolute Gasteiger partial charge is 0.532 e. The molecule has 142 valence electrons. The van der Waals surface area contributed by atoms with E-state index in [4.69, 9.17) is 4.65 Å². The Morgan fingerprint density at radius 1 is 0.857 bits per heavy atom. The van der Waals surface area contributed by atoms with Gasteiger partial charge in [-0.15, -0.1) is 0 Å². The van der Waals surface area contributed by atoms with E-state index in [2.05, 4.69) is 0 Å². The van der Waals surface area contributed by atoms with Crippen LogP contribution in [0.1, 0.15) is 19.4 Å². The maximum atomic E-state index is 12.7. The van der Waals surface area contributed by atoms with Crippen molar-refractivity contribution in [3.8, 4) is 16.9 Å². The number of benzene rings is 3. The molecule has 2 aliphatic rings. The van der Waals surface area contributed by atoms with Crippen LogP contribution in [0, 0.1) is 5.82 Å². The number of rotatable bonds is 0. The van der Waals surface area contributed by atoms with Gasteiger partial charge in [0.2, 0.25) is 0 Å². The first kappa shape index (κ1) is 20.2. The van der Waals surface area contributed by atoms with E-state index in [-0.39, 0.29) is 20.2 Å². The second-order valence-electron chi connectivity index (χ2n) is 6.80. The average Bonchev–Trinajstić information content (AvgIpc) is 2.69. The molecule has 0 saturated heterocycles. The van der Waals surface area contributed by atoms with E-state index in [1.165, 1.54) is 12.1 Å². The van der Waals surface area contributed by atoms with E-state index in [0.29, 0.717) is 0 Å². The highest BCUT2D eigenvalue weighted by Crippen LogP contribution is 2.32. The van der Waals surface area contributed by atoms with Gasteiger partial charge in [0.05, 0.1) is 0 Å². The molecule has 0 aromatic heterocycles. The van der Waals surface area contributed by atoms with Crippen molar-refractivity contribution < 1.29 is 19.1 Å². The van der Waals surface area contributed by atoms with Crippen molar-refractivity contribution in [3.05, 3.63) is 78.1 Å². The molecule has 5 rings (SSSR count). The van der Waals surface area contributed by atoms with Crippen molar-refractivity contribution in [2.75, 3.05) is 0 Å². The molecule has 3 aromatic rings. The summed E-state index contributed by atoms with van der Waals surface area (Å²) in [5, 5.41) is 19.3. The molecule has 0 radical (unpaired) electrons. The summed E-state index contributed by atoms with van der Waals surface area (Å²) in [6.07, 6.45) is 2.65. The van der Waals surface area contributed by atoms with Gasteiger partial charge in [0.25, 0.3) is 0 Å². The lowest BCUT2D eigenvalue weighted by Gasteiger charge is -2.22. The number of para-hydroxylation sites is 1. The predicted octanol–water partition coefficient (Wildman–Crippen LogP) is 3.03. The molecule has 2 heterocycles. The Labute approximate surface area is 166 Å². The number of hydrogen-bond donors (Lipinski definition) is 2. The molecule has 0 spiro atoms. The Balaban J connectivity index is 0.000000159. The highest BCUT2D eigenvalue weighted by Gasteiger charge is 2.29. The van der Waals surface area contributed by atoms with E-state index in [1.807, 2.05) is 48.5 Å². The van der Waals surface area contributed by atoms with Crippen LogP contribution in [0.4, 0.5) is 4.39 Å². The van der Waals surface area contributed by atoms with Gasteiger partial charge in [-0.05, 0) is 47.5 Å². The maximum absolute atomic E-state index is 12.7. The second-order valence-corrected chi connectivity index (χ2v) is 6.80. The van der Waals surface area contributed by atoms with Crippen LogP contribution in [0.15, 0.2) is 66.7 Å². The summed E-state index contributed by atoms with van der Waals surface area (Å²) in [5.74, 6) is 0.534. The molecule has 0 atom stereocenters. The van der Waals surface area contributed by atoms with Gasteiger partial charge >= 0.3 is 14.0 Å². The molecule has 0 unspecified atom stereocenters. The molecule has 6 heteroatoms. The second kappa shape index (κ2) is 8.63. The standard InChI is InChI=1S/C12H9BO2.C9H10BFO.CH4/c14-13-11-7-3-1-5-9(11)10-6-2-4-8-12(10)15-13;11-8-3-4-9-7(6-8)2-1-5-10(9)12;/h1-8,14H;3-4,6,12H,1-2,5H2;1H4. The minimum absolute atomic E-state index is 0. The Kier molecular flexibility index (Phi) is 6.22. The van der Waals surface area contributed by atoms with E-state index in [0.717, 1.165) is 52.5 Å². The molecule has 2 aliphatic heterocycles. The molecule has 3 nitrogen and oxygen atoms in total. The number of hydrogen-bond acceptors (Lipinski definition) is 3. The fourth-order valence-electron chi connectivity index (χ4n) is 3.69. The molecular weight excluding hydrogens is 353 g/mol. The molecule has 0 saturated carbocycles. The summed E-state index contributed by atoms with van der Waals surface area (Å²) in [6, 6.07) is 20.1. The average molecular weight is 376 g/mol. The summed E-state index contributed by atoms with van der Waals surface area (Å²) in [7, 11) is -0.851. The van der Waals surface area contributed by atoms with Crippen LogP contribution < -0.4 is 15.6 Å². The monoisotopic (exact) mass is 376 g/mol. The van der Waals surface area contributed by atoms with Crippen molar-refractivity contribution in [2.24, 2.45) is 0 Å². The zero-order valence-corrected chi connectivity index (χ0v) is 14.8. The highest BCUT2D eigenvalue weighted by molar-refractivity contribution is 6.67. The first-order valence-corrected chi connectivity index (χ1v) is 9.13. The van der Waals surface area contributed by atoms with Gasteiger partial charge in [-0.1, -0.05) is 62.4 Å². The molecule has 0 fully saturated rings. The third-order valence-electron chi connectivity index (χ3n) is 5.03. The van der Waals surface area contributed by atoms with Crippen LogP contribution in [-0.2, 0) is 6.42 Å². The summed E-state index contributed by atoms with van der Waals surface area (Å²) < 4.78 is 18.2.